The van der Waals surface area contributed by atoms with Crippen LogP contribution in [0.5, 0.6) is 0 Å². The minimum atomic E-state index is -5.40. The molecular weight excluding hydrogens is 491 g/mol. The smallest absolute Gasteiger partial charge is 0.364 e. The number of sulfone groups is 1. The fourth-order valence-electron chi connectivity index (χ4n) is 4.64. The van der Waals surface area contributed by atoms with Gasteiger partial charge in [0, 0.05) is 54.4 Å². The maximum Gasteiger partial charge on any atom is 0.501 e. The molecule has 11 heteroatoms. The zero-order valence-electron chi connectivity index (χ0n) is 19.6. The van der Waals surface area contributed by atoms with E-state index in [1.54, 1.807) is 16.9 Å². The molecule has 2 aromatic heterocycles. The van der Waals surface area contributed by atoms with Gasteiger partial charge in [-0.05, 0) is 49.2 Å². The molecule has 2 aromatic carbocycles. The zero-order valence-corrected chi connectivity index (χ0v) is 20.4. The molecule has 0 spiro atoms. The van der Waals surface area contributed by atoms with Crippen LogP contribution in [0.4, 0.5) is 18.9 Å². The monoisotopic (exact) mass is 515 g/mol. The maximum atomic E-state index is 12.8. The van der Waals surface area contributed by atoms with Gasteiger partial charge in [-0.3, -0.25) is 0 Å². The Bertz CT molecular complexity index is 1490. The number of piperazine rings is 1. The van der Waals surface area contributed by atoms with Gasteiger partial charge >= 0.3 is 5.51 Å². The first kappa shape index (κ1) is 24.3. The maximum absolute atomic E-state index is 12.8. The normalized spacial score (nSPS) is 19.1. The number of alkyl halides is 3. The van der Waals surface area contributed by atoms with Crippen molar-refractivity contribution in [3.8, 4) is 22.3 Å². The Morgan fingerprint density at radius 3 is 2.11 bits per heavy atom. The van der Waals surface area contributed by atoms with Gasteiger partial charge in [-0.15, -0.1) is 0 Å². The highest BCUT2D eigenvalue weighted by atomic mass is 32.2. The molecule has 0 aliphatic carbocycles. The van der Waals surface area contributed by atoms with Crippen molar-refractivity contribution in [2.75, 3.05) is 18.0 Å². The number of halogens is 3. The van der Waals surface area contributed by atoms with E-state index in [4.69, 9.17) is 0 Å². The average Bonchev–Trinajstić information content (AvgIpc) is 3.27. The van der Waals surface area contributed by atoms with Crippen LogP contribution in [0.3, 0.4) is 0 Å². The van der Waals surface area contributed by atoms with Gasteiger partial charge in [0.05, 0.1) is 11.1 Å². The van der Waals surface area contributed by atoms with Crippen LogP contribution in [0.15, 0.2) is 72.0 Å². The second-order valence-corrected chi connectivity index (χ2v) is 10.9. The van der Waals surface area contributed by atoms with E-state index in [0.717, 1.165) is 42.0 Å². The lowest BCUT2D eigenvalue weighted by Crippen LogP contribution is -2.55. The fraction of sp³-hybridized carbons (Fsp3) is 0.280. The standard InChI is InChI=1S/C25H24F3N5O2S/c1-16-11-29-12-17(2)33(16)21-7-3-18(4-8-21)20-13-30-24-23(14-31-32(24)15-20)19-5-9-22(10-6-19)36(34,35)25(26,27)28/h3-10,13-17,29H,11-12H2,1-2H3/t16-,17+. The first-order valence-corrected chi connectivity index (χ1v) is 12.9. The van der Waals surface area contributed by atoms with Gasteiger partial charge in [0.1, 0.15) is 0 Å². The number of hydrogen-bond acceptors (Lipinski definition) is 6. The van der Waals surface area contributed by atoms with E-state index >= 15 is 0 Å². The molecule has 1 saturated heterocycles. The molecule has 36 heavy (non-hydrogen) atoms. The summed E-state index contributed by atoms with van der Waals surface area (Å²) >= 11 is 0. The molecule has 2 atom stereocenters. The summed E-state index contributed by atoms with van der Waals surface area (Å²) in [5.74, 6) is 0. The van der Waals surface area contributed by atoms with Crippen molar-refractivity contribution in [3.63, 3.8) is 0 Å². The quantitative estimate of drug-likeness (QED) is 0.430. The minimum absolute atomic E-state index is 0.391. The van der Waals surface area contributed by atoms with Crippen molar-refractivity contribution in [2.45, 2.75) is 36.3 Å². The summed E-state index contributed by atoms with van der Waals surface area (Å²) in [6, 6.07) is 13.6. The van der Waals surface area contributed by atoms with Crippen LogP contribution in [0, 0.1) is 0 Å². The molecule has 188 valence electrons. The van der Waals surface area contributed by atoms with Crippen molar-refractivity contribution in [1.82, 2.24) is 19.9 Å². The highest BCUT2D eigenvalue weighted by molar-refractivity contribution is 7.92. The summed E-state index contributed by atoms with van der Waals surface area (Å²) in [5.41, 5.74) is -0.767. The molecule has 3 heterocycles. The van der Waals surface area contributed by atoms with Crippen molar-refractivity contribution in [1.29, 1.82) is 0 Å². The van der Waals surface area contributed by atoms with Gasteiger partial charge in [0.25, 0.3) is 9.84 Å². The summed E-state index contributed by atoms with van der Waals surface area (Å²) in [6.45, 7) is 6.28. The first-order valence-electron chi connectivity index (χ1n) is 11.4. The molecule has 0 radical (unpaired) electrons. The first-order chi connectivity index (χ1) is 17.1. The van der Waals surface area contributed by atoms with Gasteiger partial charge in [0.2, 0.25) is 0 Å². The summed E-state index contributed by atoms with van der Waals surface area (Å²) in [5, 5.41) is 7.78. The lowest BCUT2D eigenvalue weighted by atomic mass is 10.0. The molecule has 1 N–H and O–H groups in total. The van der Waals surface area contributed by atoms with Gasteiger partial charge in [-0.1, -0.05) is 24.3 Å². The Morgan fingerprint density at radius 2 is 1.50 bits per heavy atom. The van der Waals surface area contributed by atoms with Gasteiger partial charge in [-0.2, -0.15) is 18.3 Å². The fourth-order valence-corrected chi connectivity index (χ4v) is 5.40. The van der Waals surface area contributed by atoms with Crippen molar-refractivity contribution >= 4 is 21.2 Å². The van der Waals surface area contributed by atoms with E-state index in [1.165, 1.54) is 12.1 Å². The Balaban J connectivity index is 1.41. The summed E-state index contributed by atoms with van der Waals surface area (Å²) in [7, 11) is -5.40. The van der Waals surface area contributed by atoms with Crippen LogP contribution < -0.4 is 10.2 Å². The van der Waals surface area contributed by atoms with Crippen LogP contribution in [0.25, 0.3) is 27.9 Å². The minimum Gasteiger partial charge on any atom is -0.364 e. The number of hydrogen-bond donors (Lipinski definition) is 1. The zero-order chi connectivity index (χ0) is 25.7. The largest absolute Gasteiger partial charge is 0.501 e. The Morgan fingerprint density at radius 1 is 0.889 bits per heavy atom. The Hall–Kier alpha value is -3.44. The molecule has 1 aliphatic rings. The number of aromatic nitrogens is 3. The van der Waals surface area contributed by atoms with Gasteiger partial charge in [0.15, 0.2) is 5.65 Å². The topological polar surface area (TPSA) is 79.6 Å². The molecular formula is C25H24F3N5O2S. The third kappa shape index (κ3) is 4.22. The molecule has 0 saturated carbocycles. The van der Waals surface area contributed by atoms with Crippen LogP contribution >= 0.6 is 0 Å². The van der Waals surface area contributed by atoms with E-state index in [2.05, 4.69) is 46.3 Å². The van der Waals surface area contributed by atoms with E-state index in [0.29, 0.717) is 28.9 Å². The molecule has 0 unspecified atom stereocenters. The number of benzene rings is 2. The molecule has 1 fully saturated rings. The predicted octanol–water partition coefficient (Wildman–Crippen LogP) is 4.54. The molecule has 1 aliphatic heterocycles. The summed E-state index contributed by atoms with van der Waals surface area (Å²) in [6.07, 6.45) is 5.10. The van der Waals surface area contributed by atoms with E-state index in [1.807, 2.05) is 18.3 Å². The second kappa shape index (κ2) is 8.90. The average molecular weight is 516 g/mol. The summed E-state index contributed by atoms with van der Waals surface area (Å²) < 4.78 is 63.3. The van der Waals surface area contributed by atoms with Gasteiger partial charge in [-0.25, -0.2) is 17.9 Å². The second-order valence-electron chi connectivity index (χ2n) is 8.95. The van der Waals surface area contributed by atoms with E-state index < -0.39 is 20.2 Å². The van der Waals surface area contributed by atoms with Crippen molar-refractivity contribution in [2.24, 2.45) is 0 Å². The highest BCUT2D eigenvalue weighted by Gasteiger charge is 2.46. The Labute approximate surface area is 206 Å². The van der Waals surface area contributed by atoms with Crippen molar-refractivity contribution < 1.29 is 21.6 Å². The number of anilines is 1. The third-order valence-electron chi connectivity index (χ3n) is 6.46. The third-order valence-corrected chi connectivity index (χ3v) is 7.97. The number of fused-ring (bicyclic) bond motifs is 1. The molecule has 4 aromatic rings. The summed E-state index contributed by atoms with van der Waals surface area (Å²) in [4.78, 5) is 6.13. The number of nitrogens with one attached hydrogen (secondary N) is 1. The predicted molar refractivity (Wildman–Crippen MR) is 131 cm³/mol. The van der Waals surface area contributed by atoms with E-state index in [9.17, 15) is 21.6 Å². The van der Waals surface area contributed by atoms with Crippen molar-refractivity contribution in [3.05, 3.63) is 67.1 Å². The van der Waals surface area contributed by atoms with Gasteiger partial charge < -0.3 is 10.2 Å². The van der Waals surface area contributed by atoms with E-state index in [-0.39, 0.29) is 0 Å². The van der Waals surface area contributed by atoms with Crippen LogP contribution in [-0.2, 0) is 9.84 Å². The lowest BCUT2D eigenvalue weighted by molar-refractivity contribution is -0.0436. The molecule has 7 nitrogen and oxygen atoms in total. The lowest BCUT2D eigenvalue weighted by Gasteiger charge is -2.41. The number of rotatable bonds is 4. The number of nitrogens with zero attached hydrogens (tertiary/aromatic N) is 4. The Kier molecular flexibility index (Phi) is 6.00. The molecule has 0 bridgehead atoms. The molecule has 5 rings (SSSR count). The van der Waals surface area contributed by atoms with Crippen LogP contribution in [-0.4, -0.2) is 53.7 Å². The highest BCUT2D eigenvalue weighted by Crippen LogP contribution is 2.33. The van der Waals surface area contributed by atoms with Crippen LogP contribution in [0.1, 0.15) is 13.8 Å². The van der Waals surface area contributed by atoms with Crippen LogP contribution in [0.2, 0.25) is 0 Å². The SMILES string of the molecule is C[C@@H]1CNC[C@H](C)N1c1ccc(-c2cnc3c(-c4ccc(S(=O)(=O)C(F)(F)F)cc4)cnn3c2)cc1. The molecule has 0 amide bonds.